The number of likely N-dealkylation sites (N-methyl/N-ethyl adjacent to an activating group) is 1. The van der Waals surface area contributed by atoms with Crippen LogP contribution < -0.4 is 5.32 Å². The van der Waals surface area contributed by atoms with Gasteiger partial charge in [0.2, 0.25) is 0 Å². The fourth-order valence-corrected chi connectivity index (χ4v) is 1.87. The molecule has 1 aromatic rings. The zero-order chi connectivity index (χ0) is 13.9. The van der Waals surface area contributed by atoms with Crippen molar-refractivity contribution in [3.8, 4) is 0 Å². The van der Waals surface area contributed by atoms with Gasteiger partial charge in [-0.15, -0.1) is 0 Å². The SMILES string of the molecule is Cc1cc(C)c(CNCC(C)(C)N(C)C)cc1C. The third kappa shape index (κ3) is 3.82. The van der Waals surface area contributed by atoms with E-state index in [4.69, 9.17) is 0 Å². The molecular formula is C16H28N2. The molecule has 1 N–H and O–H groups in total. The van der Waals surface area contributed by atoms with Crippen LogP contribution in [0.2, 0.25) is 0 Å². The topological polar surface area (TPSA) is 15.3 Å². The summed E-state index contributed by atoms with van der Waals surface area (Å²) in [4.78, 5) is 2.26. The number of nitrogens with one attached hydrogen (secondary N) is 1. The first-order chi connectivity index (χ1) is 8.24. The van der Waals surface area contributed by atoms with Crippen LogP contribution in [-0.4, -0.2) is 31.1 Å². The molecule has 0 heterocycles. The Bertz CT molecular complexity index is 406. The summed E-state index contributed by atoms with van der Waals surface area (Å²) in [6, 6.07) is 4.59. The van der Waals surface area contributed by atoms with Crippen LogP contribution in [-0.2, 0) is 6.54 Å². The highest BCUT2D eigenvalue weighted by Crippen LogP contribution is 2.15. The number of hydrogen-bond acceptors (Lipinski definition) is 2. The number of hydrogen-bond donors (Lipinski definition) is 1. The molecule has 0 fully saturated rings. The average Bonchev–Trinajstić information content (AvgIpc) is 2.25. The van der Waals surface area contributed by atoms with Gasteiger partial charge in [-0.2, -0.15) is 0 Å². The summed E-state index contributed by atoms with van der Waals surface area (Å²) in [5, 5.41) is 3.57. The Morgan fingerprint density at radius 3 is 2.11 bits per heavy atom. The van der Waals surface area contributed by atoms with Crippen molar-refractivity contribution in [3.05, 3.63) is 34.4 Å². The van der Waals surface area contributed by atoms with E-state index in [2.05, 4.69) is 71.1 Å². The first kappa shape index (κ1) is 15.2. The van der Waals surface area contributed by atoms with Crippen LogP contribution in [0.1, 0.15) is 36.1 Å². The van der Waals surface area contributed by atoms with Gasteiger partial charge in [-0.25, -0.2) is 0 Å². The molecule has 2 nitrogen and oxygen atoms in total. The predicted octanol–water partition coefficient (Wildman–Crippen LogP) is 3.04. The summed E-state index contributed by atoms with van der Waals surface area (Å²) in [7, 11) is 4.26. The Hall–Kier alpha value is -0.860. The van der Waals surface area contributed by atoms with Crippen molar-refractivity contribution in [2.24, 2.45) is 0 Å². The fourth-order valence-electron chi connectivity index (χ4n) is 1.87. The van der Waals surface area contributed by atoms with Gasteiger partial charge >= 0.3 is 0 Å². The summed E-state index contributed by atoms with van der Waals surface area (Å²) in [6.45, 7) is 13.0. The Morgan fingerprint density at radius 2 is 1.56 bits per heavy atom. The molecule has 0 radical (unpaired) electrons. The van der Waals surface area contributed by atoms with Crippen molar-refractivity contribution in [1.29, 1.82) is 0 Å². The highest BCUT2D eigenvalue weighted by atomic mass is 15.2. The standard InChI is InChI=1S/C16H28N2/c1-12-8-14(3)15(9-13(12)2)10-17-11-16(4,5)18(6)7/h8-9,17H,10-11H2,1-7H3. The molecule has 0 amide bonds. The van der Waals surface area contributed by atoms with E-state index in [0.29, 0.717) is 0 Å². The highest BCUT2D eigenvalue weighted by molar-refractivity contribution is 5.36. The van der Waals surface area contributed by atoms with E-state index in [0.717, 1.165) is 13.1 Å². The molecule has 0 bridgehead atoms. The van der Waals surface area contributed by atoms with Gasteiger partial charge in [-0.1, -0.05) is 12.1 Å². The van der Waals surface area contributed by atoms with E-state index >= 15 is 0 Å². The summed E-state index contributed by atoms with van der Waals surface area (Å²) in [5.74, 6) is 0. The van der Waals surface area contributed by atoms with Gasteiger partial charge in [0.25, 0.3) is 0 Å². The lowest BCUT2D eigenvalue weighted by Gasteiger charge is -2.33. The van der Waals surface area contributed by atoms with Crippen LogP contribution in [0, 0.1) is 20.8 Å². The van der Waals surface area contributed by atoms with E-state index in [1.54, 1.807) is 0 Å². The second-order valence-corrected chi connectivity index (χ2v) is 6.17. The highest BCUT2D eigenvalue weighted by Gasteiger charge is 2.19. The molecule has 1 rings (SSSR count). The summed E-state index contributed by atoms with van der Waals surface area (Å²) >= 11 is 0. The van der Waals surface area contributed by atoms with Gasteiger partial charge in [-0.3, -0.25) is 0 Å². The summed E-state index contributed by atoms with van der Waals surface area (Å²) < 4.78 is 0. The first-order valence-corrected chi connectivity index (χ1v) is 6.69. The fraction of sp³-hybridized carbons (Fsp3) is 0.625. The maximum atomic E-state index is 3.57. The van der Waals surface area contributed by atoms with Crippen LogP contribution in [0.25, 0.3) is 0 Å². The monoisotopic (exact) mass is 248 g/mol. The van der Waals surface area contributed by atoms with E-state index < -0.39 is 0 Å². The van der Waals surface area contributed by atoms with E-state index in [1.165, 1.54) is 22.3 Å². The predicted molar refractivity (Wildman–Crippen MR) is 80.1 cm³/mol. The quantitative estimate of drug-likeness (QED) is 0.861. The first-order valence-electron chi connectivity index (χ1n) is 6.69. The van der Waals surface area contributed by atoms with Crippen LogP contribution >= 0.6 is 0 Å². The maximum absolute atomic E-state index is 3.57. The van der Waals surface area contributed by atoms with E-state index in [1.807, 2.05) is 0 Å². The van der Waals surface area contributed by atoms with E-state index in [9.17, 15) is 0 Å². The lowest BCUT2D eigenvalue weighted by molar-refractivity contribution is 0.189. The molecule has 0 saturated heterocycles. The third-order valence-electron chi connectivity index (χ3n) is 4.04. The number of benzene rings is 1. The molecule has 0 aliphatic carbocycles. The normalized spacial score (nSPS) is 12.2. The molecule has 0 aromatic heterocycles. The molecular weight excluding hydrogens is 220 g/mol. The molecule has 0 aliphatic rings. The van der Waals surface area contributed by atoms with Crippen molar-refractivity contribution >= 4 is 0 Å². The zero-order valence-corrected chi connectivity index (χ0v) is 13.0. The number of rotatable bonds is 5. The number of aryl methyl sites for hydroxylation is 3. The summed E-state index contributed by atoms with van der Waals surface area (Å²) in [5.41, 5.74) is 5.74. The minimum absolute atomic E-state index is 0.188. The van der Waals surface area contributed by atoms with Crippen molar-refractivity contribution in [3.63, 3.8) is 0 Å². The minimum Gasteiger partial charge on any atom is -0.311 e. The molecule has 0 spiro atoms. The molecule has 0 atom stereocenters. The van der Waals surface area contributed by atoms with E-state index in [-0.39, 0.29) is 5.54 Å². The van der Waals surface area contributed by atoms with Crippen LogP contribution in [0.15, 0.2) is 12.1 Å². The molecule has 102 valence electrons. The molecule has 0 aliphatic heterocycles. The Balaban J connectivity index is 2.62. The Morgan fingerprint density at radius 1 is 1.00 bits per heavy atom. The lowest BCUT2D eigenvalue weighted by Crippen LogP contribution is -2.46. The van der Waals surface area contributed by atoms with Gasteiger partial charge in [0.05, 0.1) is 0 Å². The Kier molecular flexibility index (Phi) is 4.94. The molecule has 18 heavy (non-hydrogen) atoms. The third-order valence-corrected chi connectivity index (χ3v) is 4.04. The average molecular weight is 248 g/mol. The van der Waals surface area contributed by atoms with Crippen molar-refractivity contribution in [2.45, 2.75) is 46.7 Å². The maximum Gasteiger partial charge on any atom is 0.0271 e. The van der Waals surface area contributed by atoms with Gasteiger partial charge in [-0.05, 0) is 71.0 Å². The van der Waals surface area contributed by atoms with Gasteiger partial charge in [0, 0.05) is 18.6 Å². The van der Waals surface area contributed by atoms with Gasteiger partial charge < -0.3 is 10.2 Å². The number of nitrogens with zero attached hydrogens (tertiary/aromatic N) is 1. The van der Waals surface area contributed by atoms with Crippen LogP contribution in [0.3, 0.4) is 0 Å². The van der Waals surface area contributed by atoms with Gasteiger partial charge in [0.1, 0.15) is 0 Å². The molecule has 0 unspecified atom stereocenters. The van der Waals surface area contributed by atoms with Crippen LogP contribution in [0.5, 0.6) is 0 Å². The molecule has 0 saturated carbocycles. The lowest BCUT2D eigenvalue weighted by atomic mass is 10.00. The van der Waals surface area contributed by atoms with Crippen molar-refractivity contribution in [1.82, 2.24) is 10.2 Å². The Labute approximate surface area is 112 Å². The molecule has 1 aromatic carbocycles. The van der Waals surface area contributed by atoms with Crippen LogP contribution in [0.4, 0.5) is 0 Å². The largest absolute Gasteiger partial charge is 0.311 e. The minimum atomic E-state index is 0.188. The van der Waals surface area contributed by atoms with Crippen molar-refractivity contribution < 1.29 is 0 Å². The summed E-state index contributed by atoms with van der Waals surface area (Å²) in [6.07, 6.45) is 0. The second-order valence-electron chi connectivity index (χ2n) is 6.17. The van der Waals surface area contributed by atoms with Gasteiger partial charge in [0.15, 0.2) is 0 Å². The zero-order valence-electron chi connectivity index (χ0n) is 13.0. The molecule has 2 heteroatoms. The second kappa shape index (κ2) is 5.85. The van der Waals surface area contributed by atoms with Crippen molar-refractivity contribution in [2.75, 3.05) is 20.6 Å². The smallest absolute Gasteiger partial charge is 0.0271 e.